The number of hydrogen-bond donors (Lipinski definition) is 1. The Labute approximate surface area is 117 Å². The van der Waals surface area contributed by atoms with Crippen molar-refractivity contribution in [2.45, 2.75) is 19.9 Å². The highest BCUT2D eigenvalue weighted by Gasteiger charge is 2.17. The Balaban J connectivity index is 2.26. The highest BCUT2D eigenvalue weighted by atomic mass is 19.2. The first-order valence-corrected chi connectivity index (χ1v) is 6.04. The Morgan fingerprint density at radius 2 is 1.95 bits per heavy atom. The van der Waals surface area contributed by atoms with Gasteiger partial charge in [-0.1, -0.05) is 6.92 Å². The first kappa shape index (κ1) is 14.9. The maximum Gasteiger partial charge on any atom is 0.306 e. The number of aryl methyl sites for hydroxylation is 1. The zero-order chi connectivity index (χ0) is 15.6. The lowest BCUT2D eigenvalue weighted by molar-refractivity contribution is -0.141. The van der Waals surface area contributed by atoms with Gasteiger partial charge in [0.25, 0.3) is 0 Å². The molecule has 21 heavy (non-hydrogen) atoms. The molecule has 6 nitrogen and oxygen atoms in total. The highest BCUT2D eigenvalue weighted by molar-refractivity contribution is 5.69. The Kier molecular flexibility index (Phi) is 4.20. The molecule has 1 aromatic heterocycles. The molecular weight excluding hydrogens is 289 g/mol. The van der Waals surface area contributed by atoms with Crippen LogP contribution in [-0.4, -0.2) is 31.3 Å². The van der Waals surface area contributed by atoms with Crippen LogP contribution in [0.1, 0.15) is 13.3 Å². The van der Waals surface area contributed by atoms with Crippen LogP contribution in [0.4, 0.5) is 13.2 Å². The fourth-order valence-corrected chi connectivity index (χ4v) is 1.69. The number of carboxylic acids is 1. The van der Waals surface area contributed by atoms with E-state index in [1.54, 1.807) is 0 Å². The summed E-state index contributed by atoms with van der Waals surface area (Å²) in [6, 6.07) is 1.56. The fraction of sp³-hybridized carbons (Fsp3) is 0.333. The molecule has 0 bridgehead atoms. The van der Waals surface area contributed by atoms with Crippen LogP contribution in [0.3, 0.4) is 0 Å². The van der Waals surface area contributed by atoms with E-state index in [9.17, 15) is 18.0 Å². The molecule has 0 aliphatic rings. The molecule has 1 aromatic carbocycles. The lowest BCUT2D eigenvalue weighted by atomic mass is 10.1. The number of carbonyl (C=O) groups is 1. The number of carboxylic acid groups (broad SMARTS) is 1. The quantitative estimate of drug-likeness (QED) is 0.853. The molecule has 1 N–H and O–H groups in total. The molecule has 1 heterocycles. The second kappa shape index (κ2) is 5.90. The summed E-state index contributed by atoms with van der Waals surface area (Å²) in [5, 5.41) is 19.4. The van der Waals surface area contributed by atoms with Crippen LogP contribution >= 0.6 is 0 Å². The van der Waals surface area contributed by atoms with Gasteiger partial charge in [0.05, 0.1) is 5.92 Å². The monoisotopic (exact) mass is 300 g/mol. The number of aliphatic carboxylic acids is 1. The summed E-state index contributed by atoms with van der Waals surface area (Å²) in [4.78, 5) is 10.7. The zero-order valence-corrected chi connectivity index (χ0v) is 10.9. The number of tetrazole rings is 1. The van der Waals surface area contributed by atoms with Gasteiger partial charge in [0.15, 0.2) is 23.3 Å². The van der Waals surface area contributed by atoms with E-state index in [1.807, 2.05) is 0 Å². The van der Waals surface area contributed by atoms with E-state index in [0.29, 0.717) is 0 Å². The number of halogens is 3. The predicted molar refractivity (Wildman–Crippen MR) is 64.5 cm³/mol. The molecule has 9 heteroatoms. The van der Waals surface area contributed by atoms with Crippen LogP contribution < -0.4 is 0 Å². The molecular formula is C12H11F3N4O2. The maximum absolute atomic E-state index is 13.2. The van der Waals surface area contributed by atoms with Crippen LogP contribution in [0.25, 0.3) is 11.4 Å². The van der Waals surface area contributed by atoms with Gasteiger partial charge in [-0.05, 0) is 29.0 Å². The van der Waals surface area contributed by atoms with Crippen molar-refractivity contribution in [1.29, 1.82) is 0 Å². The van der Waals surface area contributed by atoms with E-state index in [-0.39, 0.29) is 24.4 Å². The van der Waals surface area contributed by atoms with Crippen LogP contribution in [0.15, 0.2) is 12.1 Å². The van der Waals surface area contributed by atoms with Crippen LogP contribution in [0.5, 0.6) is 0 Å². The SMILES string of the molecule is CC(CCn1nnnc1-c1cc(F)c(F)c(F)c1)C(=O)O. The van der Waals surface area contributed by atoms with Crippen molar-refractivity contribution in [3.8, 4) is 11.4 Å². The normalized spacial score (nSPS) is 12.4. The van der Waals surface area contributed by atoms with Crippen molar-refractivity contribution >= 4 is 5.97 Å². The Morgan fingerprint density at radius 3 is 2.52 bits per heavy atom. The second-order valence-electron chi connectivity index (χ2n) is 4.51. The summed E-state index contributed by atoms with van der Waals surface area (Å²) < 4.78 is 40.6. The Bertz CT molecular complexity index is 651. The Morgan fingerprint density at radius 1 is 1.33 bits per heavy atom. The minimum Gasteiger partial charge on any atom is -0.481 e. The van der Waals surface area contributed by atoms with E-state index < -0.39 is 29.3 Å². The lowest BCUT2D eigenvalue weighted by Gasteiger charge is -2.08. The molecule has 0 amide bonds. The first-order chi connectivity index (χ1) is 9.90. The van der Waals surface area contributed by atoms with Gasteiger partial charge in [0.2, 0.25) is 0 Å². The average Bonchev–Trinajstić information content (AvgIpc) is 2.89. The number of aromatic nitrogens is 4. The standard InChI is InChI=1S/C12H11F3N4O2/c1-6(12(20)21)2-3-19-11(16-17-18-19)7-4-8(13)10(15)9(14)5-7/h4-6H,2-3H2,1H3,(H,20,21). The minimum atomic E-state index is -1.57. The number of hydrogen-bond acceptors (Lipinski definition) is 4. The summed E-state index contributed by atoms with van der Waals surface area (Å²) in [5.41, 5.74) is -0.0284. The average molecular weight is 300 g/mol. The number of nitrogens with zero attached hydrogens (tertiary/aromatic N) is 4. The molecule has 0 spiro atoms. The molecule has 0 radical (unpaired) electrons. The summed E-state index contributed by atoms with van der Waals surface area (Å²) in [5.74, 6) is -5.83. The fourth-order valence-electron chi connectivity index (χ4n) is 1.69. The summed E-state index contributed by atoms with van der Waals surface area (Å²) in [6.07, 6.45) is 0.236. The Hall–Kier alpha value is -2.45. The first-order valence-electron chi connectivity index (χ1n) is 6.04. The molecule has 2 aromatic rings. The van der Waals surface area contributed by atoms with E-state index in [4.69, 9.17) is 5.11 Å². The number of rotatable bonds is 5. The molecule has 2 rings (SSSR count). The van der Waals surface area contributed by atoms with Crippen LogP contribution in [0.2, 0.25) is 0 Å². The summed E-state index contributed by atoms with van der Waals surface area (Å²) >= 11 is 0. The molecule has 1 atom stereocenters. The molecule has 112 valence electrons. The van der Waals surface area contributed by atoms with Crippen molar-refractivity contribution < 1.29 is 23.1 Å². The van der Waals surface area contributed by atoms with Gasteiger partial charge in [-0.3, -0.25) is 4.79 Å². The van der Waals surface area contributed by atoms with E-state index in [1.165, 1.54) is 11.6 Å². The van der Waals surface area contributed by atoms with Crippen molar-refractivity contribution in [1.82, 2.24) is 20.2 Å². The molecule has 0 saturated carbocycles. The van der Waals surface area contributed by atoms with Gasteiger partial charge in [-0.15, -0.1) is 5.10 Å². The van der Waals surface area contributed by atoms with E-state index >= 15 is 0 Å². The summed E-state index contributed by atoms with van der Waals surface area (Å²) in [7, 11) is 0. The molecule has 0 aliphatic carbocycles. The third kappa shape index (κ3) is 3.18. The third-order valence-corrected chi connectivity index (χ3v) is 2.97. The van der Waals surface area contributed by atoms with Gasteiger partial charge >= 0.3 is 5.97 Å². The summed E-state index contributed by atoms with van der Waals surface area (Å²) in [6.45, 7) is 1.67. The van der Waals surface area contributed by atoms with Crippen molar-refractivity contribution in [3.63, 3.8) is 0 Å². The maximum atomic E-state index is 13.2. The highest BCUT2D eigenvalue weighted by Crippen LogP contribution is 2.22. The molecule has 0 fully saturated rings. The van der Waals surface area contributed by atoms with Crippen molar-refractivity contribution in [2.24, 2.45) is 5.92 Å². The molecule has 1 unspecified atom stereocenters. The predicted octanol–water partition coefficient (Wildman–Crippen LogP) is 1.87. The van der Waals surface area contributed by atoms with Crippen LogP contribution in [0, 0.1) is 23.4 Å². The molecule has 0 aliphatic heterocycles. The van der Waals surface area contributed by atoms with Gasteiger partial charge < -0.3 is 5.11 Å². The van der Waals surface area contributed by atoms with Gasteiger partial charge in [-0.2, -0.15) is 0 Å². The molecule has 0 saturated heterocycles. The van der Waals surface area contributed by atoms with Crippen molar-refractivity contribution in [3.05, 3.63) is 29.6 Å². The van der Waals surface area contributed by atoms with Gasteiger partial charge in [-0.25, -0.2) is 17.9 Å². The lowest BCUT2D eigenvalue weighted by Crippen LogP contribution is -2.14. The van der Waals surface area contributed by atoms with Gasteiger partial charge in [0, 0.05) is 12.1 Å². The number of benzene rings is 1. The van der Waals surface area contributed by atoms with Crippen LogP contribution in [-0.2, 0) is 11.3 Å². The minimum absolute atomic E-state index is 0.0284. The van der Waals surface area contributed by atoms with Crippen molar-refractivity contribution in [2.75, 3.05) is 0 Å². The van der Waals surface area contributed by atoms with E-state index in [0.717, 1.165) is 12.1 Å². The second-order valence-corrected chi connectivity index (χ2v) is 4.51. The zero-order valence-electron chi connectivity index (χ0n) is 10.9. The topological polar surface area (TPSA) is 80.9 Å². The van der Waals surface area contributed by atoms with E-state index in [2.05, 4.69) is 15.5 Å². The third-order valence-electron chi connectivity index (χ3n) is 2.97. The smallest absolute Gasteiger partial charge is 0.306 e. The largest absolute Gasteiger partial charge is 0.481 e. The van der Waals surface area contributed by atoms with Gasteiger partial charge in [0.1, 0.15) is 0 Å².